The van der Waals surface area contributed by atoms with Crippen LogP contribution >= 0.6 is 0 Å². The summed E-state index contributed by atoms with van der Waals surface area (Å²) in [6.07, 6.45) is 11.6. The fourth-order valence-electron chi connectivity index (χ4n) is 5.57. The Morgan fingerprint density at radius 3 is 2.76 bits per heavy atom. The summed E-state index contributed by atoms with van der Waals surface area (Å²) in [6.45, 7) is 9.73. The molecule has 0 bridgehead atoms. The average Bonchev–Trinajstić information content (AvgIpc) is 3.50. The molecule has 10 nitrogen and oxygen atoms in total. The Bertz CT molecular complexity index is 1430. The van der Waals surface area contributed by atoms with E-state index < -0.39 is 0 Å². The molecule has 1 saturated heterocycles. The van der Waals surface area contributed by atoms with Gasteiger partial charge in [-0.05, 0) is 71.3 Å². The minimum Gasteiger partial charge on any atom is -0.489 e. The number of carbonyl (C=O) groups is 1. The smallest absolute Gasteiger partial charge is 0.261 e. The van der Waals surface area contributed by atoms with Crippen molar-refractivity contribution in [3.63, 3.8) is 0 Å². The van der Waals surface area contributed by atoms with E-state index in [4.69, 9.17) is 9.84 Å². The van der Waals surface area contributed by atoms with Crippen LogP contribution in [0.5, 0.6) is 5.75 Å². The highest BCUT2D eigenvalue weighted by Gasteiger charge is 2.33. The van der Waals surface area contributed by atoms with Crippen LogP contribution in [-0.2, 0) is 0 Å². The van der Waals surface area contributed by atoms with Gasteiger partial charge in [-0.25, -0.2) is 9.50 Å². The van der Waals surface area contributed by atoms with E-state index in [0.717, 1.165) is 30.3 Å². The van der Waals surface area contributed by atoms with Crippen molar-refractivity contribution in [2.75, 3.05) is 25.0 Å². The molecule has 38 heavy (non-hydrogen) atoms. The van der Waals surface area contributed by atoms with E-state index >= 15 is 0 Å². The number of hydrogen-bond donors (Lipinski definition) is 2. The number of amides is 1. The van der Waals surface area contributed by atoms with Crippen molar-refractivity contribution in [1.82, 2.24) is 34.6 Å². The fraction of sp³-hybridized carbons (Fsp3) is 0.500. The van der Waals surface area contributed by atoms with Crippen molar-refractivity contribution < 1.29 is 9.53 Å². The summed E-state index contributed by atoms with van der Waals surface area (Å²) in [5.41, 5.74) is 2.39. The van der Waals surface area contributed by atoms with Crippen molar-refractivity contribution in [1.29, 1.82) is 0 Å². The number of benzene rings is 1. The molecule has 3 aromatic heterocycles. The molecule has 1 aromatic carbocycles. The summed E-state index contributed by atoms with van der Waals surface area (Å²) in [5.74, 6) is 0.318. The van der Waals surface area contributed by atoms with Crippen LogP contribution in [0.2, 0.25) is 0 Å². The Balaban J connectivity index is 1.17. The molecule has 1 amide bonds. The topological polar surface area (TPSA) is 102 Å². The average molecular weight is 517 g/mol. The maximum absolute atomic E-state index is 13.2. The molecule has 0 unspecified atom stereocenters. The first-order valence-electron chi connectivity index (χ1n) is 13.7. The molecular formula is C28H36N8O2. The lowest BCUT2D eigenvalue weighted by Gasteiger charge is -2.40. The van der Waals surface area contributed by atoms with Gasteiger partial charge in [0.2, 0.25) is 0 Å². The Morgan fingerprint density at radius 2 is 2.00 bits per heavy atom. The fourth-order valence-corrected chi connectivity index (χ4v) is 5.57. The van der Waals surface area contributed by atoms with Gasteiger partial charge in [0.15, 0.2) is 5.65 Å². The van der Waals surface area contributed by atoms with Crippen molar-refractivity contribution in [3.05, 3.63) is 48.5 Å². The number of anilines is 1. The van der Waals surface area contributed by atoms with Gasteiger partial charge in [-0.15, -0.1) is 0 Å². The summed E-state index contributed by atoms with van der Waals surface area (Å²) in [4.78, 5) is 20.0. The Morgan fingerprint density at radius 1 is 1.18 bits per heavy atom. The zero-order valence-electron chi connectivity index (χ0n) is 22.3. The first kappa shape index (κ1) is 24.8. The zero-order chi connectivity index (χ0) is 26.2. The highest BCUT2D eigenvalue weighted by atomic mass is 16.5. The number of nitrogens with one attached hydrogen (secondary N) is 2. The van der Waals surface area contributed by atoms with Gasteiger partial charge in [0.05, 0.1) is 29.5 Å². The number of likely N-dealkylation sites (tertiary alicyclic amines) is 1. The quantitative estimate of drug-likeness (QED) is 0.366. The molecule has 6 rings (SSSR count). The molecule has 200 valence electrons. The van der Waals surface area contributed by atoms with Crippen LogP contribution in [-0.4, -0.2) is 73.0 Å². The van der Waals surface area contributed by atoms with E-state index in [-0.39, 0.29) is 12.0 Å². The second-order valence-electron chi connectivity index (χ2n) is 10.8. The molecule has 0 atom stereocenters. The SMILES string of the molecule is CCN1CCC(NC2CC(n3cc4cc(NC(=O)c5cnn6cccnc56)c(OC(C)C)cc4n3)C2)CC1. The van der Waals surface area contributed by atoms with Crippen LogP contribution in [0.4, 0.5) is 5.69 Å². The van der Waals surface area contributed by atoms with Crippen molar-refractivity contribution >= 4 is 28.1 Å². The molecule has 1 saturated carbocycles. The first-order valence-corrected chi connectivity index (χ1v) is 13.7. The van der Waals surface area contributed by atoms with Gasteiger partial charge < -0.3 is 20.3 Å². The largest absolute Gasteiger partial charge is 0.489 e. The van der Waals surface area contributed by atoms with Crippen molar-refractivity contribution in [2.24, 2.45) is 0 Å². The number of aromatic nitrogens is 5. The second-order valence-corrected chi connectivity index (χ2v) is 10.8. The highest BCUT2D eigenvalue weighted by Crippen LogP contribution is 2.36. The number of nitrogens with zero attached hydrogens (tertiary/aromatic N) is 6. The summed E-state index contributed by atoms with van der Waals surface area (Å²) < 4.78 is 9.74. The van der Waals surface area contributed by atoms with Gasteiger partial charge >= 0.3 is 0 Å². The summed E-state index contributed by atoms with van der Waals surface area (Å²) >= 11 is 0. The van der Waals surface area contributed by atoms with E-state index in [0.29, 0.717) is 40.8 Å². The molecule has 0 spiro atoms. The third kappa shape index (κ3) is 4.98. The first-order chi connectivity index (χ1) is 18.5. The predicted molar refractivity (Wildman–Crippen MR) is 147 cm³/mol. The lowest BCUT2D eigenvalue weighted by molar-refractivity contribution is 0.102. The number of piperidine rings is 1. The Kier molecular flexibility index (Phi) is 6.75. The number of fused-ring (bicyclic) bond motifs is 2. The number of hydrogen-bond acceptors (Lipinski definition) is 7. The third-order valence-electron chi connectivity index (χ3n) is 7.75. The molecule has 2 aliphatic rings. The number of ether oxygens (including phenoxy) is 1. The van der Waals surface area contributed by atoms with E-state index in [1.54, 1.807) is 23.0 Å². The minimum atomic E-state index is -0.281. The van der Waals surface area contributed by atoms with E-state index in [9.17, 15) is 4.79 Å². The van der Waals surface area contributed by atoms with Gasteiger partial charge in [-0.1, -0.05) is 6.92 Å². The van der Waals surface area contributed by atoms with Crippen LogP contribution in [0.15, 0.2) is 43.0 Å². The molecule has 4 heterocycles. The van der Waals surface area contributed by atoms with E-state index in [1.165, 1.54) is 32.1 Å². The highest BCUT2D eigenvalue weighted by molar-refractivity contribution is 6.09. The van der Waals surface area contributed by atoms with Gasteiger partial charge in [0, 0.05) is 42.1 Å². The van der Waals surface area contributed by atoms with E-state index in [1.807, 2.05) is 26.0 Å². The lowest BCUT2D eigenvalue weighted by atomic mass is 9.85. The number of rotatable bonds is 8. The molecule has 4 aromatic rings. The zero-order valence-corrected chi connectivity index (χ0v) is 22.3. The van der Waals surface area contributed by atoms with Crippen LogP contribution in [0.25, 0.3) is 16.6 Å². The van der Waals surface area contributed by atoms with Gasteiger partial charge in [-0.2, -0.15) is 10.2 Å². The Hall–Kier alpha value is -3.50. The minimum absolute atomic E-state index is 0.0495. The summed E-state index contributed by atoms with van der Waals surface area (Å²) in [5, 5.41) is 17.0. The molecule has 1 aliphatic heterocycles. The monoisotopic (exact) mass is 516 g/mol. The van der Waals surface area contributed by atoms with Gasteiger partial charge in [-0.3, -0.25) is 9.48 Å². The molecule has 0 radical (unpaired) electrons. The molecular weight excluding hydrogens is 480 g/mol. The summed E-state index contributed by atoms with van der Waals surface area (Å²) in [7, 11) is 0. The van der Waals surface area contributed by atoms with Gasteiger partial charge in [0.1, 0.15) is 11.3 Å². The van der Waals surface area contributed by atoms with Crippen LogP contribution in [0.3, 0.4) is 0 Å². The number of carbonyl (C=O) groups excluding carboxylic acids is 1. The normalized spacial score (nSPS) is 20.7. The predicted octanol–water partition coefficient (Wildman–Crippen LogP) is 3.90. The van der Waals surface area contributed by atoms with E-state index in [2.05, 4.69) is 43.4 Å². The van der Waals surface area contributed by atoms with Crippen molar-refractivity contribution in [2.45, 2.75) is 70.7 Å². The molecule has 2 fully saturated rings. The Labute approximate surface area is 222 Å². The maximum atomic E-state index is 13.2. The molecule has 10 heteroatoms. The third-order valence-corrected chi connectivity index (χ3v) is 7.75. The van der Waals surface area contributed by atoms with Crippen LogP contribution in [0.1, 0.15) is 62.9 Å². The lowest BCUT2D eigenvalue weighted by Crippen LogP contribution is -2.50. The second kappa shape index (κ2) is 10.3. The van der Waals surface area contributed by atoms with Gasteiger partial charge in [0.25, 0.3) is 5.91 Å². The standard InChI is InChI=1S/C28H36N8O2/c1-4-34-10-6-20(7-11-34)31-21-13-22(14-21)36-17-19-12-25(26(38-18(2)3)15-24(19)33-36)32-28(37)23-16-30-35-9-5-8-29-27(23)35/h5,8-9,12,15-18,20-22,31H,4,6-7,10-11,13-14H2,1-3H3,(H,32,37). The maximum Gasteiger partial charge on any atom is 0.261 e. The van der Waals surface area contributed by atoms with Crippen LogP contribution in [0, 0.1) is 0 Å². The molecule has 1 aliphatic carbocycles. The van der Waals surface area contributed by atoms with Crippen LogP contribution < -0.4 is 15.4 Å². The summed E-state index contributed by atoms with van der Waals surface area (Å²) in [6, 6.07) is 7.21. The molecule has 2 N–H and O–H groups in total. The van der Waals surface area contributed by atoms with Crippen molar-refractivity contribution in [3.8, 4) is 5.75 Å².